The molecule has 0 amide bonds. The largest absolute Gasteiger partial charge is 0.294 e. The molecule has 15 heavy (non-hydrogen) atoms. The number of hydrogen-bond acceptors (Lipinski definition) is 3. The van der Waals surface area contributed by atoms with Gasteiger partial charge in [-0.25, -0.2) is 0 Å². The van der Waals surface area contributed by atoms with Gasteiger partial charge in [0.1, 0.15) is 0 Å². The van der Waals surface area contributed by atoms with E-state index in [0.29, 0.717) is 12.3 Å². The van der Waals surface area contributed by atoms with E-state index in [0.717, 1.165) is 23.4 Å². The van der Waals surface area contributed by atoms with E-state index in [1.165, 1.54) is 12.8 Å². The van der Waals surface area contributed by atoms with Gasteiger partial charge in [0, 0.05) is 12.0 Å². The first-order valence-electron chi connectivity index (χ1n) is 5.57. The lowest BCUT2D eigenvalue weighted by molar-refractivity contribution is 0.0974. The van der Waals surface area contributed by atoms with Crippen LogP contribution < -0.4 is 0 Å². The van der Waals surface area contributed by atoms with Gasteiger partial charge in [-0.3, -0.25) is 4.79 Å². The number of Topliss-reactive ketones (excluding diaryl/α,β-unsaturated/α-hetero) is 1. The molecule has 1 heterocycles. The van der Waals surface area contributed by atoms with Crippen LogP contribution in [0.25, 0.3) is 0 Å². The molecule has 2 rings (SSSR count). The summed E-state index contributed by atoms with van der Waals surface area (Å²) in [7, 11) is 0. The first-order valence-corrected chi connectivity index (χ1v) is 5.57. The van der Waals surface area contributed by atoms with Crippen LogP contribution in [0, 0.1) is 12.8 Å². The van der Waals surface area contributed by atoms with Crippen LogP contribution in [-0.4, -0.2) is 16.0 Å². The van der Waals surface area contributed by atoms with Crippen molar-refractivity contribution in [1.82, 2.24) is 10.2 Å². The molecule has 1 aromatic rings. The summed E-state index contributed by atoms with van der Waals surface area (Å²) in [5, 5.41) is 8.06. The maximum absolute atomic E-state index is 12.0. The van der Waals surface area contributed by atoms with Crippen LogP contribution in [0.2, 0.25) is 0 Å². The Labute approximate surface area is 89.9 Å². The van der Waals surface area contributed by atoms with Crippen LogP contribution in [0.5, 0.6) is 0 Å². The van der Waals surface area contributed by atoms with Crippen molar-refractivity contribution in [1.29, 1.82) is 0 Å². The summed E-state index contributed by atoms with van der Waals surface area (Å²) in [6.45, 7) is 3.88. The summed E-state index contributed by atoms with van der Waals surface area (Å²) >= 11 is 0. The Bertz CT molecular complexity index is 383. The van der Waals surface area contributed by atoms with Gasteiger partial charge in [0.25, 0.3) is 0 Å². The molecular formula is C12H16N2O. The van der Waals surface area contributed by atoms with Crippen molar-refractivity contribution in [2.45, 2.75) is 39.5 Å². The predicted octanol–water partition coefficient (Wildman–Crippen LogP) is 2.33. The zero-order chi connectivity index (χ0) is 10.8. The topological polar surface area (TPSA) is 42.9 Å². The maximum Gasteiger partial charge on any atom is 0.165 e. The van der Waals surface area contributed by atoms with E-state index in [1.54, 1.807) is 0 Å². The van der Waals surface area contributed by atoms with Gasteiger partial charge in [-0.05, 0) is 38.2 Å². The summed E-state index contributed by atoms with van der Waals surface area (Å²) in [6.07, 6.45) is 3.90. The number of hydrogen-bond donors (Lipinski definition) is 0. The molecule has 0 spiro atoms. The minimum absolute atomic E-state index is 0.243. The molecule has 3 nitrogen and oxygen atoms in total. The number of ketones is 1. The molecule has 0 aromatic carbocycles. The molecular weight excluding hydrogens is 188 g/mol. The van der Waals surface area contributed by atoms with Crippen LogP contribution in [0.4, 0.5) is 0 Å². The lowest BCUT2D eigenvalue weighted by Gasteiger charge is -2.05. The Morgan fingerprint density at radius 1 is 1.47 bits per heavy atom. The normalized spacial score (nSPS) is 15.3. The van der Waals surface area contributed by atoms with Crippen molar-refractivity contribution in [2.24, 2.45) is 5.92 Å². The third-order valence-corrected chi connectivity index (χ3v) is 2.80. The van der Waals surface area contributed by atoms with Crippen LogP contribution >= 0.6 is 0 Å². The van der Waals surface area contributed by atoms with Crippen LogP contribution in [0.3, 0.4) is 0 Å². The fraction of sp³-hybridized carbons (Fsp3) is 0.583. The van der Waals surface area contributed by atoms with E-state index >= 15 is 0 Å². The van der Waals surface area contributed by atoms with Gasteiger partial charge in [0.2, 0.25) is 0 Å². The van der Waals surface area contributed by atoms with Crippen molar-refractivity contribution in [3.05, 3.63) is 23.0 Å². The smallest absolute Gasteiger partial charge is 0.165 e. The van der Waals surface area contributed by atoms with Gasteiger partial charge in [-0.2, -0.15) is 10.2 Å². The molecule has 0 aliphatic heterocycles. The predicted molar refractivity (Wildman–Crippen MR) is 57.8 cm³/mol. The van der Waals surface area contributed by atoms with E-state index in [2.05, 4.69) is 10.2 Å². The van der Waals surface area contributed by atoms with Crippen LogP contribution in [0.15, 0.2) is 6.07 Å². The summed E-state index contributed by atoms with van der Waals surface area (Å²) < 4.78 is 0. The van der Waals surface area contributed by atoms with E-state index in [-0.39, 0.29) is 5.78 Å². The fourth-order valence-corrected chi connectivity index (χ4v) is 1.71. The average Bonchev–Trinajstić information content (AvgIpc) is 3.01. The monoisotopic (exact) mass is 204 g/mol. The second kappa shape index (κ2) is 4.09. The first-order chi connectivity index (χ1) is 7.20. The lowest BCUT2D eigenvalue weighted by atomic mass is 10.0. The first kappa shape index (κ1) is 10.3. The minimum atomic E-state index is 0.243. The molecule has 1 fully saturated rings. The van der Waals surface area contributed by atoms with Gasteiger partial charge < -0.3 is 0 Å². The highest BCUT2D eigenvalue weighted by atomic mass is 16.1. The van der Waals surface area contributed by atoms with Crippen molar-refractivity contribution in [2.75, 3.05) is 0 Å². The van der Waals surface area contributed by atoms with Gasteiger partial charge >= 0.3 is 0 Å². The maximum atomic E-state index is 12.0. The quantitative estimate of drug-likeness (QED) is 0.707. The zero-order valence-electron chi connectivity index (χ0n) is 9.29. The van der Waals surface area contributed by atoms with E-state index in [9.17, 15) is 4.79 Å². The van der Waals surface area contributed by atoms with Gasteiger partial charge in [0.05, 0.1) is 11.4 Å². The molecule has 0 N–H and O–H groups in total. The fourth-order valence-electron chi connectivity index (χ4n) is 1.71. The number of nitrogens with zero attached hydrogens (tertiary/aromatic N) is 2. The summed E-state index contributed by atoms with van der Waals surface area (Å²) in [5.74, 6) is 0.878. The average molecular weight is 204 g/mol. The summed E-state index contributed by atoms with van der Waals surface area (Å²) in [4.78, 5) is 12.0. The lowest BCUT2D eigenvalue weighted by Crippen LogP contribution is -2.08. The third-order valence-electron chi connectivity index (χ3n) is 2.80. The second-order valence-electron chi connectivity index (χ2n) is 4.27. The minimum Gasteiger partial charge on any atom is -0.294 e. The molecule has 0 atom stereocenters. The van der Waals surface area contributed by atoms with Crippen molar-refractivity contribution < 1.29 is 4.79 Å². The molecule has 1 aliphatic carbocycles. The molecule has 1 aromatic heterocycles. The standard InChI is InChI=1S/C12H16N2O/c1-3-11-10(6-8(2)13-14-11)12(15)7-9-4-5-9/h6,9H,3-5,7H2,1-2H3. The second-order valence-corrected chi connectivity index (χ2v) is 4.27. The molecule has 0 unspecified atom stereocenters. The Kier molecular flexibility index (Phi) is 2.80. The highest BCUT2D eigenvalue weighted by Crippen LogP contribution is 2.33. The van der Waals surface area contributed by atoms with Gasteiger partial charge in [0.15, 0.2) is 5.78 Å². The van der Waals surface area contributed by atoms with Crippen LogP contribution in [0.1, 0.15) is 47.9 Å². The molecule has 1 saturated carbocycles. The Hall–Kier alpha value is -1.25. The molecule has 0 saturated heterocycles. The highest BCUT2D eigenvalue weighted by Gasteiger charge is 2.26. The SMILES string of the molecule is CCc1nnc(C)cc1C(=O)CC1CC1. The Balaban J connectivity index is 2.23. The van der Waals surface area contributed by atoms with E-state index < -0.39 is 0 Å². The number of aromatic nitrogens is 2. The number of rotatable bonds is 4. The summed E-state index contributed by atoms with van der Waals surface area (Å²) in [5.41, 5.74) is 2.45. The number of carbonyl (C=O) groups is 1. The summed E-state index contributed by atoms with van der Waals surface area (Å²) in [6, 6.07) is 1.87. The molecule has 1 aliphatic rings. The number of aryl methyl sites for hydroxylation is 2. The zero-order valence-corrected chi connectivity index (χ0v) is 9.29. The molecule has 80 valence electrons. The van der Waals surface area contributed by atoms with Gasteiger partial charge in [-0.15, -0.1) is 0 Å². The Morgan fingerprint density at radius 2 is 2.20 bits per heavy atom. The van der Waals surface area contributed by atoms with E-state index in [1.807, 2.05) is 19.9 Å². The van der Waals surface area contributed by atoms with Crippen molar-refractivity contribution >= 4 is 5.78 Å². The van der Waals surface area contributed by atoms with E-state index in [4.69, 9.17) is 0 Å². The number of carbonyl (C=O) groups excluding carboxylic acids is 1. The molecule has 3 heteroatoms. The Morgan fingerprint density at radius 3 is 2.80 bits per heavy atom. The highest BCUT2D eigenvalue weighted by molar-refractivity contribution is 5.97. The van der Waals surface area contributed by atoms with Crippen molar-refractivity contribution in [3.63, 3.8) is 0 Å². The van der Waals surface area contributed by atoms with Crippen molar-refractivity contribution in [3.8, 4) is 0 Å². The van der Waals surface area contributed by atoms with Gasteiger partial charge in [-0.1, -0.05) is 6.92 Å². The van der Waals surface area contributed by atoms with Crippen LogP contribution in [-0.2, 0) is 6.42 Å². The molecule has 0 bridgehead atoms. The molecule has 0 radical (unpaired) electrons. The third kappa shape index (κ3) is 2.41.